The summed E-state index contributed by atoms with van der Waals surface area (Å²) >= 11 is 0. The predicted octanol–water partition coefficient (Wildman–Crippen LogP) is 1.84. The van der Waals surface area contributed by atoms with Crippen molar-refractivity contribution >= 4 is 0 Å². The van der Waals surface area contributed by atoms with E-state index in [2.05, 4.69) is 5.48 Å². The van der Waals surface area contributed by atoms with Crippen molar-refractivity contribution in [2.45, 2.75) is 33.8 Å². The SMILES string of the molecule is C/C=C(\C)NOC(C)C. The number of rotatable bonds is 3. The summed E-state index contributed by atoms with van der Waals surface area (Å²) in [6.07, 6.45) is 2.20. The van der Waals surface area contributed by atoms with Crippen LogP contribution in [0, 0.1) is 0 Å². The highest BCUT2D eigenvalue weighted by Gasteiger charge is 1.89. The molecule has 0 radical (unpaired) electrons. The summed E-state index contributed by atoms with van der Waals surface area (Å²) in [5.74, 6) is 0. The zero-order chi connectivity index (χ0) is 7.28. The first kappa shape index (κ1) is 8.50. The Morgan fingerprint density at radius 3 is 2.44 bits per heavy atom. The third-order valence-corrected chi connectivity index (χ3v) is 0.889. The number of allylic oxidation sites excluding steroid dienone is 2. The van der Waals surface area contributed by atoms with Gasteiger partial charge in [0.05, 0.1) is 6.10 Å². The van der Waals surface area contributed by atoms with Gasteiger partial charge in [0.2, 0.25) is 0 Å². The van der Waals surface area contributed by atoms with Gasteiger partial charge in [0.25, 0.3) is 0 Å². The zero-order valence-electron chi connectivity index (χ0n) is 6.56. The summed E-state index contributed by atoms with van der Waals surface area (Å²) in [5, 5.41) is 0. The van der Waals surface area contributed by atoms with Gasteiger partial charge < -0.3 is 0 Å². The molecule has 0 unspecified atom stereocenters. The summed E-state index contributed by atoms with van der Waals surface area (Å²) in [6.45, 7) is 7.89. The van der Waals surface area contributed by atoms with E-state index in [4.69, 9.17) is 4.84 Å². The minimum absolute atomic E-state index is 0.236. The first-order chi connectivity index (χ1) is 4.16. The molecule has 0 aromatic carbocycles. The highest BCUT2D eigenvalue weighted by molar-refractivity contribution is 4.88. The standard InChI is InChI=1S/C7H15NO/c1-5-7(4)8-9-6(2)3/h5-6,8H,1-4H3/b7-5+. The molecule has 0 aliphatic carbocycles. The molecule has 0 spiro atoms. The van der Waals surface area contributed by atoms with E-state index >= 15 is 0 Å². The number of nitrogens with one attached hydrogen (secondary N) is 1. The Labute approximate surface area is 56.9 Å². The average Bonchev–Trinajstić information content (AvgIpc) is 1.83. The van der Waals surface area contributed by atoms with Gasteiger partial charge in [-0.2, -0.15) is 0 Å². The van der Waals surface area contributed by atoms with Gasteiger partial charge in [-0.25, -0.2) is 0 Å². The van der Waals surface area contributed by atoms with Crippen molar-refractivity contribution in [3.63, 3.8) is 0 Å². The third kappa shape index (κ3) is 5.37. The van der Waals surface area contributed by atoms with Crippen molar-refractivity contribution in [2.24, 2.45) is 0 Å². The van der Waals surface area contributed by atoms with Crippen LogP contribution >= 0.6 is 0 Å². The minimum Gasteiger partial charge on any atom is -0.274 e. The van der Waals surface area contributed by atoms with E-state index in [1.54, 1.807) is 0 Å². The maximum Gasteiger partial charge on any atom is 0.0797 e. The molecule has 0 atom stereocenters. The van der Waals surface area contributed by atoms with Gasteiger partial charge in [-0.15, -0.1) is 0 Å². The predicted molar refractivity (Wildman–Crippen MR) is 38.8 cm³/mol. The largest absolute Gasteiger partial charge is 0.274 e. The highest BCUT2D eigenvalue weighted by atomic mass is 16.7. The molecule has 9 heavy (non-hydrogen) atoms. The summed E-state index contributed by atoms with van der Waals surface area (Å²) in [6, 6.07) is 0. The van der Waals surface area contributed by atoms with Crippen molar-refractivity contribution in [1.82, 2.24) is 5.48 Å². The molecule has 0 amide bonds. The summed E-state index contributed by atoms with van der Waals surface area (Å²) < 4.78 is 0. The van der Waals surface area contributed by atoms with Crippen molar-refractivity contribution in [2.75, 3.05) is 0 Å². The van der Waals surface area contributed by atoms with Crippen LogP contribution in [-0.4, -0.2) is 6.10 Å². The van der Waals surface area contributed by atoms with Crippen LogP contribution in [0.15, 0.2) is 11.8 Å². The molecule has 0 saturated carbocycles. The van der Waals surface area contributed by atoms with Gasteiger partial charge in [0.1, 0.15) is 0 Å². The van der Waals surface area contributed by atoms with E-state index < -0.39 is 0 Å². The van der Waals surface area contributed by atoms with Crippen LogP contribution in [0.2, 0.25) is 0 Å². The van der Waals surface area contributed by atoms with Crippen LogP contribution < -0.4 is 5.48 Å². The van der Waals surface area contributed by atoms with E-state index in [9.17, 15) is 0 Å². The van der Waals surface area contributed by atoms with E-state index in [1.807, 2.05) is 33.8 Å². The first-order valence-electron chi connectivity index (χ1n) is 3.21. The molecule has 2 heteroatoms. The fourth-order valence-corrected chi connectivity index (χ4v) is 0.270. The van der Waals surface area contributed by atoms with Gasteiger partial charge in [-0.05, 0) is 27.7 Å². The lowest BCUT2D eigenvalue weighted by Crippen LogP contribution is -2.17. The molecular weight excluding hydrogens is 114 g/mol. The third-order valence-electron chi connectivity index (χ3n) is 0.889. The maximum absolute atomic E-state index is 5.08. The molecule has 0 saturated heterocycles. The lowest BCUT2D eigenvalue weighted by molar-refractivity contribution is 0.0139. The number of hydroxylamine groups is 1. The van der Waals surface area contributed by atoms with Crippen molar-refractivity contribution in [3.05, 3.63) is 11.8 Å². The molecule has 0 fully saturated rings. The van der Waals surface area contributed by atoms with Gasteiger partial charge in [0.15, 0.2) is 0 Å². The Balaban J connectivity index is 3.28. The molecule has 0 aromatic rings. The second-order valence-electron chi connectivity index (χ2n) is 2.24. The summed E-state index contributed by atoms with van der Waals surface area (Å²) in [5.41, 5.74) is 3.84. The number of hydrogen-bond donors (Lipinski definition) is 1. The number of hydrogen-bond acceptors (Lipinski definition) is 2. The first-order valence-corrected chi connectivity index (χ1v) is 3.21. The van der Waals surface area contributed by atoms with Gasteiger partial charge in [-0.1, -0.05) is 6.08 Å². The molecule has 2 nitrogen and oxygen atoms in total. The lowest BCUT2D eigenvalue weighted by atomic mass is 10.5. The molecular formula is C7H15NO. The Kier molecular flexibility index (Phi) is 4.14. The molecule has 0 aromatic heterocycles. The van der Waals surface area contributed by atoms with Crippen molar-refractivity contribution in [3.8, 4) is 0 Å². The van der Waals surface area contributed by atoms with Gasteiger partial charge in [-0.3, -0.25) is 10.3 Å². The normalized spacial score (nSPS) is 12.3. The topological polar surface area (TPSA) is 21.3 Å². The van der Waals surface area contributed by atoms with Crippen LogP contribution in [0.5, 0.6) is 0 Å². The van der Waals surface area contributed by atoms with Crippen molar-refractivity contribution < 1.29 is 4.84 Å². The fourth-order valence-electron chi connectivity index (χ4n) is 0.270. The van der Waals surface area contributed by atoms with Crippen LogP contribution in [0.4, 0.5) is 0 Å². The zero-order valence-corrected chi connectivity index (χ0v) is 6.56. The van der Waals surface area contributed by atoms with Crippen LogP contribution in [-0.2, 0) is 4.84 Å². The summed E-state index contributed by atoms with van der Waals surface area (Å²) in [4.78, 5) is 5.08. The summed E-state index contributed by atoms with van der Waals surface area (Å²) in [7, 11) is 0. The second-order valence-corrected chi connectivity index (χ2v) is 2.24. The Bertz CT molecular complexity index is 97.1. The Morgan fingerprint density at radius 2 is 2.11 bits per heavy atom. The smallest absolute Gasteiger partial charge is 0.0797 e. The maximum atomic E-state index is 5.08. The van der Waals surface area contributed by atoms with Crippen LogP contribution in [0.25, 0.3) is 0 Å². The van der Waals surface area contributed by atoms with Crippen LogP contribution in [0.3, 0.4) is 0 Å². The molecule has 0 heterocycles. The molecule has 0 aliphatic rings. The monoisotopic (exact) mass is 129 g/mol. The van der Waals surface area contributed by atoms with E-state index in [1.165, 1.54) is 0 Å². The quantitative estimate of drug-likeness (QED) is 0.587. The molecule has 0 rings (SSSR count). The van der Waals surface area contributed by atoms with Gasteiger partial charge in [0, 0.05) is 5.70 Å². The minimum atomic E-state index is 0.236. The lowest BCUT2D eigenvalue weighted by Gasteiger charge is -2.08. The van der Waals surface area contributed by atoms with Crippen molar-refractivity contribution in [1.29, 1.82) is 0 Å². The second kappa shape index (κ2) is 4.39. The van der Waals surface area contributed by atoms with E-state index in [-0.39, 0.29) is 6.10 Å². The van der Waals surface area contributed by atoms with Crippen LogP contribution in [0.1, 0.15) is 27.7 Å². The molecule has 0 aliphatic heterocycles. The molecule has 0 bridgehead atoms. The Morgan fingerprint density at radius 1 is 1.56 bits per heavy atom. The molecule has 1 N–H and O–H groups in total. The van der Waals surface area contributed by atoms with E-state index in [0.717, 1.165) is 5.70 Å². The van der Waals surface area contributed by atoms with E-state index in [0.29, 0.717) is 0 Å². The molecule has 54 valence electrons. The van der Waals surface area contributed by atoms with Gasteiger partial charge >= 0.3 is 0 Å². The fraction of sp³-hybridized carbons (Fsp3) is 0.714. The Hall–Kier alpha value is -0.500. The highest BCUT2D eigenvalue weighted by Crippen LogP contribution is 1.88. The average molecular weight is 129 g/mol.